The number of aromatic nitrogens is 1. The number of hydrogen-bond donors (Lipinski definition) is 1. The van der Waals surface area contributed by atoms with Crippen molar-refractivity contribution in [3.05, 3.63) is 83.1 Å². The second-order valence-corrected chi connectivity index (χ2v) is 8.73. The highest BCUT2D eigenvalue weighted by atomic mass is 35.5. The molecule has 2 heterocycles. The van der Waals surface area contributed by atoms with E-state index in [9.17, 15) is 8.42 Å². The third kappa shape index (κ3) is 4.06. The van der Waals surface area contributed by atoms with Crippen LogP contribution in [0.1, 0.15) is 11.1 Å². The first kappa shape index (κ1) is 19.3. The predicted molar refractivity (Wildman–Crippen MR) is 110 cm³/mol. The molecule has 2 aromatic carbocycles. The highest BCUT2D eigenvalue weighted by Crippen LogP contribution is 2.33. The van der Waals surface area contributed by atoms with Crippen LogP contribution in [0.15, 0.2) is 85.7 Å². The lowest BCUT2D eigenvalue weighted by molar-refractivity contribution is 0.522. The zero-order valence-electron chi connectivity index (χ0n) is 15.4. The van der Waals surface area contributed by atoms with Crippen molar-refractivity contribution < 1.29 is 17.3 Å². The van der Waals surface area contributed by atoms with E-state index >= 15 is 0 Å². The van der Waals surface area contributed by atoms with Crippen molar-refractivity contribution in [1.82, 2.24) is 4.98 Å². The van der Waals surface area contributed by atoms with Crippen molar-refractivity contribution in [3.8, 4) is 11.7 Å². The van der Waals surface area contributed by atoms with E-state index in [0.29, 0.717) is 17.3 Å². The van der Waals surface area contributed by atoms with Gasteiger partial charge in [-0.2, -0.15) is 4.98 Å². The Kier molecular flexibility index (Phi) is 5.17. The van der Waals surface area contributed by atoms with E-state index < -0.39 is 9.84 Å². The van der Waals surface area contributed by atoms with Gasteiger partial charge in [-0.3, -0.25) is 0 Å². The summed E-state index contributed by atoms with van der Waals surface area (Å²) in [5.74, 6) is 0.460. The normalized spacial score (nSPS) is 11.5. The summed E-state index contributed by atoms with van der Waals surface area (Å²) in [6, 6.07) is 17.1. The molecule has 0 unspecified atom stereocenters. The molecule has 0 amide bonds. The maximum Gasteiger partial charge on any atom is 0.266 e. The Labute approximate surface area is 173 Å². The Balaban J connectivity index is 1.73. The zero-order valence-corrected chi connectivity index (χ0v) is 17.0. The summed E-state index contributed by atoms with van der Waals surface area (Å²) in [5.41, 5.74) is 2.11. The number of nitrogens with one attached hydrogen (secondary N) is 1. The van der Waals surface area contributed by atoms with Gasteiger partial charge in [0.05, 0.1) is 11.2 Å². The van der Waals surface area contributed by atoms with Gasteiger partial charge in [-0.25, -0.2) is 8.42 Å². The van der Waals surface area contributed by atoms with Crippen LogP contribution in [-0.4, -0.2) is 13.4 Å². The van der Waals surface area contributed by atoms with Crippen LogP contribution < -0.4 is 5.32 Å². The van der Waals surface area contributed by atoms with Gasteiger partial charge in [0, 0.05) is 11.6 Å². The van der Waals surface area contributed by atoms with E-state index in [2.05, 4.69) is 10.3 Å². The molecular weight excluding hydrogens is 412 g/mol. The van der Waals surface area contributed by atoms with Gasteiger partial charge in [-0.05, 0) is 48.9 Å². The van der Waals surface area contributed by atoms with E-state index in [1.165, 1.54) is 30.5 Å². The molecule has 0 aliphatic carbocycles. The van der Waals surface area contributed by atoms with Crippen LogP contribution in [0.4, 0.5) is 5.88 Å². The summed E-state index contributed by atoms with van der Waals surface area (Å²) in [5, 5.41) is 3.28. The van der Waals surface area contributed by atoms with Crippen molar-refractivity contribution in [2.75, 3.05) is 5.32 Å². The maximum atomic E-state index is 13.2. The van der Waals surface area contributed by atoms with Crippen LogP contribution >= 0.6 is 11.6 Å². The summed E-state index contributed by atoms with van der Waals surface area (Å²) in [6.07, 6.45) is 1.46. The number of nitrogens with zero attached hydrogens (tertiary/aromatic N) is 1. The SMILES string of the molecule is Cc1ccc(CNc2oc(-c3ccco3)nc2S(=O)(=O)c2ccc(Cl)cc2)cc1. The molecule has 8 heteroatoms. The molecule has 0 saturated heterocycles. The van der Waals surface area contributed by atoms with Gasteiger partial charge in [0.2, 0.25) is 20.7 Å². The Morgan fingerprint density at radius 1 is 1.03 bits per heavy atom. The van der Waals surface area contributed by atoms with E-state index in [4.69, 9.17) is 20.4 Å². The quantitative estimate of drug-likeness (QED) is 0.446. The Morgan fingerprint density at radius 2 is 1.76 bits per heavy atom. The average molecular weight is 429 g/mol. The van der Waals surface area contributed by atoms with Gasteiger partial charge >= 0.3 is 0 Å². The van der Waals surface area contributed by atoms with Crippen molar-refractivity contribution in [1.29, 1.82) is 0 Å². The number of benzene rings is 2. The van der Waals surface area contributed by atoms with E-state index in [1.54, 1.807) is 12.1 Å². The number of sulfone groups is 1. The third-order valence-corrected chi connectivity index (χ3v) is 6.21. The molecule has 2 aromatic heterocycles. The lowest BCUT2D eigenvalue weighted by Gasteiger charge is -2.07. The van der Waals surface area contributed by atoms with Crippen LogP contribution in [0.25, 0.3) is 11.7 Å². The number of aryl methyl sites for hydroxylation is 1. The fourth-order valence-corrected chi connectivity index (χ4v) is 4.12. The van der Waals surface area contributed by atoms with Crippen LogP contribution in [0.5, 0.6) is 0 Å². The minimum absolute atomic E-state index is 0.0481. The predicted octanol–water partition coefficient (Wildman–Crippen LogP) is 5.34. The summed E-state index contributed by atoms with van der Waals surface area (Å²) in [4.78, 5) is 4.27. The van der Waals surface area contributed by atoms with E-state index in [0.717, 1.165) is 11.1 Å². The van der Waals surface area contributed by atoms with Gasteiger partial charge < -0.3 is 14.2 Å². The molecule has 1 N–H and O–H groups in total. The molecule has 0 spiro atoms. The van der Waals surface area contributed by atoms with Crippen LogP contribution in [0.2, 0.25) is 5.02 Å². The second-order valence-electron chi connectivity index (χ2n) is 6.43. The second kappa shape index (κ2) is 7.77. The fraction of sp³-hybridized carbons (Fsp3) is 0.0952. The minimum atomic E-state index is -3.94. The monoisotopic (exact) mass is 428 g/mol. The molecule has 0 bridgehead atoms. The zero-order chi connectivity index (χ0) is 20.4. The van der Waals surface area contributed by atoms with Crippen molar-refractivity contribution in [3.63, 3.8) is 0 Å². The summed E-state index contributed by atoms with van der Waals surface area (Å²) in [7, 11) is -3.94. The number of oxazole rings is 1. The van der Waals surface area contributed by atoms with Gasteiger partial charge in [-0.1, -0.05) is 41.4 Å². The highest BCUT2D eigenvalue weighted by molar-refractivity contribution is 7.91. The molecule has 29 heavy (non-hydrogen) atoms. The van der Waals surface area contributed by atoms with E-state index in [1.807, 2.05) is 31.2 Å². The highest BCUT2D eigenvalue weighted by Gasteiger charge is 2.29. The molecule has 4 aromatic rings. The van der Waals surface area contributed by atoms with Crippen LogP contribution in [-0.2, 0) is 16.4 Å². The molecule has 0 fully saturated rings. The standard InChI is InChI=1S/C21H17ClN2O4S/c1-14-4-6-15(7-5-14)13-23-20-21(24-19(28-20)18-3-2-12-27-18)29(25,26)17-10-8-16(22)9-11-17/h2-12,23H,13H2,1H3. The molecule has 0 aliphatic rings. The van der Waals surface area contributed by atoms with Crippen molar-refractivity contribution in [2.45, 2.75) is 23.4 Å². The number of anilines is 1. The van der Waals surface area contributed by atoms with Gasteiger partial charge in [-0.15, -0.1) is 0 Å². The Bertz CT molecular complexity index is 1210. The van der Waals surface area contributed by atoms with Crippen LogP contribution in [0.3, 0.4) is 0 Å². The smallest absolute Gasteiger partial charge is 0.266 e. The van der Waals surface area contributed by atoms with Crippen LogP contribution in [0, 0.1) is 6.92 Å². The maximum absolute atomic E-state index is 13.2. The molecular formula is C21H17ClN2O4S. The average Bonchev–Trinajstić information content (AvgIpc) is 3.38. The first-order valence-electron chi connectivity index (χ1n) is 8.78. The lowest BCUT2D eigenvalue weighted by atomic mass is 10.1. The number of halogens is 1. The van der Waals surface area contributed by atoms with Gasteiger partial charge in [0.25, 0.3) is 5.89 Å². The summed E-state index contributed by atoms with van der Waals surface area (Å²) in [6.45, 7) is 2.37. The molecule has 4 rings (SSSR count). The van der Waals surface area contributed by atoms with Gasteiger partial charge in [0.15, 0.2) is 5.76 Å². The molecule has 0 aliphatic heterocycles. The molecule has 0 radical (unpaired) electrons. The van der Waals surface area contributed by atoms with Crippen molar-refractivity contribution in [2.24, 2.45) is 0 Å². The first-order valence-corrected chi connectivity index (χ1v) is 10.6. The number of furan rings is 1. The molecule has 148 valence electrons. The first-order chi connectivity index (χ1) is 13.9. The Morgan fingerprint density at radius 3 is 2.41 bits per heavy atom. The minimum Gasteiger partial charge on any atom is -0.459 e. The number of rotatable bonds is 6. The van der Waals surface area contributed by atoms with E-state index in [-0.39, 0.29) is 21.7 Å². The topological polar surface area (TPSA) is 85.3 Å². The van der Waals surface area contributed by atoms with Crippen molar-refractivity contribution >= 4 is 27.3 Å². The molecule has 6 nitrogen and oxygen atoms in total. The Hall–Kier alpha value is -3.03. The summed E-state index contributed by atoms with van der Waals surface area (Å²) >= 11 is 5.89. The molecule has 0 atom stereocenters. The number of hydrogen-bond acceptors (Lipinski definition) is 6. The third-order valence-electron chi connectivity index (χ3n) is 4.28. The van der Waals surface area contributed by atoms with Gasteiger partial charge in [0.1, 0.15) is 0 Å². The summed E-state index contributed by atoms with van der Waals surface area (Å²) < 4.78 is 37.4. The molecule has 0 saturated carbocycles. The lowest BCUT2D eigenvalue weighted by Crippen LogP contribution is -2.07. The largest absolute Gasteiger partial charge is 0.459 e. The fourth-order valence-electron chi connectivity index (χ4n) is 2.72.